The highest BCUT2D eigenvalue weighted by Crippen LogP contribution is 2.20. The van der Waals surface area contributed by atoms with Crippen molar-refractivity contribution in [2.75, 3.05) is 13.1 Å². The lowest BCUT2D eigenvalue weighted by Crippen LogP contribution is -2.47. The number of H-pyrrole nitrogens is 1. The summed E-state index contributed by atoms with van der Waals surface area (Å²) < 4.78 is 0. The third kappa shape index (κ3) is 3.59. The van der Waals surface area contributed by atoms with E-state index in [2.05, 4.69) is 10.3 Å². The van der Waals surface area contributed by atoms with Crippen LogP contribution in [-0.4, -0.2) is 40.2 Å². The molecular weight excluding hydrogens is 306 g/mol. The molecule has 0 radical (unpaired) electrons. The van der Waals surface area contributed by atoms with Crippen molar-refractivity contribution in [1.29, 1.82) is 0 Å². The first-order chi connectivity index (χ1) is 11.5. The summed E-state index contributed by atoms with van der Waals surface area (Å²) in [7, 11) is 0. The number of urea groups is 1. The quantitative estimate of drug-likeness (QED) is 0.803. The SMILES string of the molecule is CC(O)C1CCCN(C(=O)NCc2cc(=O)[nH]c3ccccc23)C1. The molecule has 0 bridgehead atoms. The Balaban J connectivity index is 1.69. The number of hydrogen-bond acceptors (Lipinski definition) is 3. The number of aromatic nitrogens is 1. The number of piperidine rings is 1. The Hall–Kier alpha value is -2.34. The van der Waals surface area contributed by atoms with E-state index in [0.717, 1.165) is 29.3 Å². The lowest BCUT2D eigenvalue weighted by molar-refractivity contribution is 0.0738. The van der Waals surface area contributed by atoms with Crippen LogP contribution < -0.4 is 10.9 Å². The molecule has 1 fully saturated rings. The van der Waals surface area contributed by atoms with E-state index in [4.69, 9.17) is 0 Å². The van der Waals surface area contributed by atoms with E-state index in [1.807, 2.05) is 24.3 Å². The standard InChI is InChI=1S/C18H23N3O3/c1-12(22)13-5-4-8-21(11-13)18(24)19-10-14-9-17(23)20-16-7-3-2-6-15(14)16/h2-3,6-7,9,12-13,22H,4-5,8,10-11H2,1H3,(H,19,24)(H,20,23). The van der Waals surface area contributed by atoms with Crippen LogP contribution in [0.25, 0.3) is 10.9 Å². The zero-order valence-corrected chi connectivity index (χ0v) is 13.8. The van der Waals surface area contributed by atoms with Crippen LogP contribution in [0.2, 0.25) is 0 Å². The van der Waals surface area contributed by atoms with Gasteiger partial charge in [-0.3, -0.25) is 4.79 Å². The zero-order chi connectivity index (χ0) is 17.1. The number of aromatic amines is 1. The molecular formula is C18H23N3O3. The highest BCUT2D eigenvalue weighted by Gasteiger charge is 2.26. The number of carbonyl (C=O) groups excluding carboxylic acids is 1. The summed E-state index contributed by atoms with van der Waals surface area (Å²) in [6.45, 7) is 3.35. The fourth-order valence-corrected chi connectivity index (χ4v) is 3.29. The predicted octanol–water partition coefficient (Wildman–Crippen LogP) is 1.83. The number of aliphatic hydroxyl groups is 1. The van der Waals surface area contributed by atoms with Gasteiger partial charge in [0.05, 0.1) is 6.10 Å². The molecule has 1 aliphatic rings. The molecule has 2 aromatic rings. The number of benzene rings is 1. The number of amides is 2. The highest BCUT2D eigenvalue weighted by atomic mass is 16.3. The van der Waals surface area contributed by atoms with Crippen LogP contribution in [-0.2, 0) is 6.54 Å². The maximum absolute atomic E-state index is 12.4. The molecule has 2 atom stereocenters. The zero-order valence-electron chi connectivity index (χ0n) is 13.8. The van der Waals surface area contributed by atoms with Gasteiger partial charge in [0.15, 0.2) is 0 Å². The maximum atomic E-state index is 12.4. The molecule has 1 aromatic heterocycles. The molecule has 0 aliphatic carbocycles. The lowest BCUT2D eigenvalue weighted by Gasteiger charge is -2.34. The molecule has 1 aromatic carbocycles. The summed E-state index contributed by atoms with van der Waals surface area (Å²) in [5, 5.41) is 13.6. The Labute approximate surface area is 140 Å². The number of fused-ring (bicyclic) bond motifs is 1. The molecule has 3 rings (SSSR count). The van der Waals surface area contributed by atoms with Crippen molar-refractivity contribution in [3.8, 4) is 0 Å². The van der Waals surface area contributed by atoms with E-state index in [-0.39, 0.29) is 17.5 Å². The van der Waals surface area contributed by atoms with Crippen molar-refractivity contribution in [2.24, 2.45) is 5.92 Å². The minimum Gasteiger partial charge on any atom is -0.393 e. The second kappa shape index (κ2) is 7.05. The molecule has 6 heteroatoms. The smallest absolute Gasteiger partial charge is 0.317 e. The predicted molar refractivity (Wildman–Crippen MR) is 92.8 cm³/mol. The largest absolute Gasteiger partial charge is 0.393 e. The summed E-state index contributed by atoms with van der Waals surface area (Å²) in [6.07, 6.45) is 1.44. The lowest BCUT2D eigenvalue weighted by atomic mass is 9.94. The third-order valence-electron chi connectivity index (χ3n) is 4.69. The first-order valence-corrected chi connectivity index (χ1v) is 8.36. The number of carbonyl (C=O) groups is 1. The van der Waals surface area contributed by atoms with Crippen LogP contribution >= 0.6 is 0 Å². The number of likely N-dealkylation sites (tertiary alicyclic amines) is 1. The van der Waals surface area contributed by atoms with Gasteiger partial charge in [-0.25, -0.2) is 4.79 Å². The first-order valence-electron chi connectivity index (χ1n) is 8.36. The van der Waals surface area contributed by atoms with Gasteiger partial charge in [0, 0.05) is 42.5 Å². The average Bonchev–Trinajstić information content (AvgIpc) is 2.59. The molecule has 6 nitrogen and oxygen atoms in total. The minimum atomic E-state index is -0.405. The summed E-state index contributed by atoms with van der Waals surface area (Å²) in [5.41, 5.74) is 1.39. The van der Waals surface area contributed by atoms with Crippen molar-refractivity contribution in [3.05, 3.63) is 46.2 Å². The number of aliphatic hydroxyl groups excluding tert-OH is 1. The molecule has 1 aliphatic heterocycles. The monoisotopic (exact) mass is 329 g/mol. The summed E-state index contributed by atoms with van der Waals surface area (Å²) in [5.74, 6) is 0.130. The molecule has 2 heterocycles. The van der Waals surface area contributed by atoms with Crippen molar-refractivity contribution in [2.45, 2.75) is 32.4 Å². The number of pyridine rings is 1. The number of para-hydroxylation sites is 1. The van der Waals surface area contributed by atoms with Gasteiger partial charge in [-0.1, -0.05) is 18.2 Å². The number of rotatable bonds is 3. The average molecular weight is 329 g/mol. The van der Waals surface area contributed by atoms with E-state index in [9.17, 15) is 14.7 Å². The van der Waals surface area contributed by atoms with Crippen molar-refractivity contribution < 1.29 is 9.90 Å². The van der Waals surface area contributed by atoms with Crippen molar-refractivity contribution >= 4 is 16.9 Å². The van der Waals surface area contributed by atoms with Gasteiger partial charge in [-0.05, 0) is 31.4 Å². The summed E-state index contributed by atoms with van der Waals surface area (Å²) in [6, 6.07) is 8.92. The van der Waals surface area contributed by atoms with Crippen molar-refractivity contribution in [1.82, 2.24) is 15.2 Å². The van der Waals surface area contributed by atoms with Crippen LogP contribution in [0.15, 0.2) is 35.1 Å². The molecule has 1 saturated heterocycles. The van der Waals surface area contributed by atoms with Crippen LogP contribution in [0.3, 0.4) is 0 Å². The molecule has 0 spiro atoms. The van der Waals surface area contributed by atoms with E-state index >= 15 is 0 Å². The Morgan fingerprint density at radius 1 is 1.46 bits per heavy atom. The van der Waals surface area contributed by atoms with Crippen LogP contribution in [0.5, 0.6) is 0 Å². The van der Waals surface area contributed by atoms with Gasteiger partial charge in [-0.2, -0.15) is 0 Å². The summed E-state index contributed by atoms with van der Waals surface area (Å²) in [4.78, 5) is 28.7. The fourth-order valence-electron chi connectivity index (χ4n) is 3.29. The van der Waals surface area contributed by atoms with Gasteiger partial charge < -0.3 is 20.3 Å². The van der Waals surface area contributed by atoms with Crippen LogP contribution in [0.1, 0.15) is 25.3 Å². The topological polar surface area (TPSA) is 85.4 Å². The Bertz CT molecular complexity index is 784. The Morgan fingerprint density at radius 2 is 2.25 bits per heavy atom. The Kier molecular flexibility index (Phi) is 4.85. The van der Waals surface area contributed by atoms with Gasteiger partial charge in [0.1, 0.15) is 0 Å². The van der Waals surface area contributed by atoms with Gasteiger partial charge in [0.25, 0.3) is 0 Å². The number of nitrogens with one attached hydrogen (secondary N) is 2. The van der Waals surface area contributed by atoms with E-state index < -0.39 is 6.10 Å². The van der Waals surface area contributed by atoms with Crippen molar-refractivity contribution in [3.63, 3.8) is 0 Å². The van der Waals surface area contributed by atoms with Crippen LogP contribution in [0, 0.1) is 5.92 Å². The molecule has 0 saturated carbocycles. The molecule has 128 valence electrons. The van der Waals surface area contributed by atoms with Gasteiger partial charge >= 0.3 is 6.03 Å². The van der Waals surface area contributed by atoms with E-state index in [1.165, 1.54) is 6.07 Å². The first kappa shape index (κ1) is 16.5. The number of nitrogens with zero attached hydrogens (tertiary/aromatic N) is 1. The minimum absolute atomic E-state index is 0.130. The Morgan fingerprint density at radius 3 is 3.04 bits per heavy atom. The second-order valence-corrected chi connectivity index (χ2v) is 6.45. The molecule has 24 heavy (non-hydrogen) atoms. The van der Waals surface area contributed by atoms with Gasteiger partial charge in [-0.15, -0.1) is 0 Å². The third-order valence-corrected chi connectivity index (χ3v) is 4.69. The maximum Gasteiger partial charge on any atom is 0.317 e. The van der Waals surface area contributed by atoms with Crippen LogP contribution in [0.4, 0.5) is 4.79 Å². The molecule has 2 amide bonds. The van der Waals surface area contributed by atoms with E-state index in [0.29, 0.717) is 19.6 Å². The molecule has 2 unspecified atom stereocenters. The number of hydrogen-bond donors (Lipinski definition) is 3. The van der Waals surface area contributed by atoms with E-state index in [1.54, 1.807) is 11.8 Å². The highest BCUT2D eigenvalue weighted by molar-refractivity contribution is 5.82. The summed E-state index contributed by atoms with van der Waals surface area (Å²) >= 11 is 0. The fraction of sp³-hybridized carbons (Fsp3) is 0.444. The van der Waals surface area contributed by atoms with Gasteiger partial charge in [0.2, 0.25) is 5.56 Å². The normalized spacial score (nSPS) is 19.2. The molecule has 3 N–H and O–H groups in total. The second-order valence-electron chi connectivity index (χ2n) is 6.45.